The van der Waals surface area contributed by atoms with E-state index >= 15 is 0 Å². The lowest BCUT2D eigenvalue weighted by atomic mass is 10.1. The van der Waals surface area contributed by atoms with Gasteiger partial charge in [0.25, 0.3) is 0 Å². The molecule has 118 valence electrons. The van der Waals surface area contributed by atoms with Gasteiger partial charge in [-0.05, 0) is 19.1 Å². The van der Waals surface area contributed by atoms with Gasteiger partial charge in [-0.15, -0.1) is 0 Å². The van der Waals surface area contributed by atoms with Crippen molar-refractivity contribution in [3.8, 4) is 5.75 Å². The molecule has 0 unspecified atom stereocenters. The summed E-state index contributed by atoms with van der Waals surface area (Å²) in [5.74, 6) is -2.40. The topological polar surface area (TPSA) is 76.7 Å². The largest absolute Gasteiger partial charge is 0.484 e. The van der Waals surface area contributed by atoms with Crippen LogP contribution in [0.1, 0.15) is 6.92 Å². The number of amides is 2. The lowest BCUT2D eigenvalue weighted by Crippen LogP contribution is -2.45. The Bertz CT molecular complexity index is 631. The van der Waals surface area contributed by atoms with E-state index in [0.717, 1.165) is 12.1 Å². The number of hydrogen-bond donors (Lipinski definition) is 2. The number of rotatable bonds is 5. The first-order chi connectivity index (χ1) is 10.5. The Morgan fingerprint density at radius 3 is 2.82 bits per heavy atom. The highest BCUT2D eigenvalue weighted by Gasteiger charge is 2.24. The van der Waals surface area contributed by atoms with Crippen LogP contribution in [0, 0.1) is 11.6 Å². The summed E-state index contributed by atoms with van der Waals surface area (Å²) < 4.78 is 36.4. The maximum Gasteiger partial charge on any atom is 0.337 e. The van der Waals surface area contributed by atoms with E-state index in [4.69, 9.17) is 9.47 Å². The third-order valence-corrected chi connectivity index (χ3v) is 2.84. The van der Waals surface area contributed by atoms with Gasteiger partial charge >= 0.3 is 12.0 Å². The van der Waals surface area contributed by atoms with Gasteiger partial charge in [-0.2, -0.15) is 0 Å². The quantitative estimate of drug-likeness (QED) is 0.807. The predicted molar refractivity (Wildman–Crippen MR) is 72.0 cm³/mol. The molecule has 0 saturated heterocycles. The van der Waals surface area contributed by atoms with Gasteiger partial charge in [0.15, 0.2) is 11.6 Å². The summed E-state index contributed by atoms with van der Waals surface area (Å²) in [6, 6.07) is 2.33. The van der Waals surface area contributed by atoms with Crippen molar-refractivity contribution < 1.29 is 27.8 Å². The maximum absolute atomic E-state index is 13.5. The van der Waals surface area contributed by atoms with E-state index in [-0.39, 0.29) is 36.8 Å². The van der Waals surface area contributed by atoms with Crippen LogP contribution in [0.25, 0.3) is 0 Å². The number of halogens is 2. The molecule has 1 heterocycles. The van der Waals surface area contributed by atoms with Gasteiger partial charge in [-0.1, -0.05) is 0 Å². The number of nitrogens with one attached hydrogen (secondary N) is 2. The summed E-state index contributed by atoms with van der Waals surface area (Å²) in [7, 11) is 0. The van der Waals surface area contributed by atoms with Crippen LogP contribution in [0.15, 0.2) is 29.5 Å². The van der Waals surface area contributed by atoms with Crippen LogP contribution in [0.4, 0.5) is 13.6 Å². The first-order valence-corrected chi connectivity index (χ1v) is 6.53. The maximum atomic E-state index is 13.5. The van der Waals surface area contributed by atoms with E-state index in [2.05, 4.69) is 10.6 Å². The molecule has 0 aromatic heterocycles. The minimum atomic E-state index is -0.876. The average Bonchev–Trinajstić information content (AvgIpc) is 2.46. The molecule has 8 heteroatoms. The van der Waals surface area contributed by atoms with Crippen molar-refractivity contribution in [3.63, 3.8) is 0 Å². The third-order valence-electron chi connectivity index (χ3n) is 2.84. The highest BCUT2D eigenvalue weighted by Crippen LogP contribution is 2.19. The van der Waals surface area contributed by atoms with Gasteiger partial charge < -0.3 is 20.1 Å². The zero-order valence-corrected chi connectivity index (χ0v) is 11.7. The monoisotopic (exact) mass is 312 g/mol. The molecule has 2 rings (SSSR count). The fraction of sp³-hybridized carbons (Fsp3) is 0.286. The van der Waals surface area contributed by atoms with Gasteiger partial charge in [0.1, 0.15) is 12.4 Å². The van der Waals surface area contributed by atoms with Gasteiger partial charge in [0, 0.05) is 6.07 Å². The lowest BCUT2D eigenvalue weighted by molar-refractivity contribution is -0.138. The van der Waals surface area contributed by atoms with Crippen molar-refractivity contribution in [3.05, 3.63) is 41.1 Å². The minimum Gasteiger partial charge on any atom is -0.484 e. The van der Waals surface area contributed by atoms with Gasteiger partial charge in [-0.25, -0.2) is 18.4 Å². The predicted octanol–water partition coefficient (Wildman–Crippen LogP) is 1.47. The molecule has 2 N–H and O–H groups in total. The van der Waals surface area contributed by atoms with E-state index in [0.29, 0.717) is 6.07 Å². The summed E-state index contributed by atoms with van der Waals surface area (Å²) in [4.78, 5) is 23.1. The van der Waals surface area contributed by atoms with Crippen LogP contribution in [0.3, 0.4) is 0 Å². The SMILES string of the molecule is CCOC(=O)C1=C(COc2ccc(F)cc2F)NC(=O)NC1. The first kappa shape index (κ1) is 15.7. The van der Waals surface area contributed by atoms with E-state index in [1.165, 1.54) is 0 Å². The molecule has 6 nitrogen and oxygen atoms in total. The summed E-state index contributed by atoms with van der Waals surface area (Å²) in [6.07, 6.45) is 0. The molecular weight excluding hydrogens is 298 g/mol. The molecule has 0 radical (unpaired) electrons. The Kier molecular flexibility index (Phi) is 4.92. The van der Waals surface area contributed by atoms with Gasteiger partial charge in [0.2, 0.25) is 0 Å². The van der Waals surface area contributed by atoms with E-state index in [9.17, 15) is 18.4 Å². The first-order valence-electron chi connectivity index (χ1n) is 6.53. The van der Waals surface area contributed by atoms with Crippen LogP contribution >= 0.6 is 0 Å². The molecule has 0 fully saturated rings. The summed E-state index contributed by atoms with van der Waals surface area (Å²) >= 11 is 0. The van der Waals surface area contributed by atoms with Crippen LogP contribution < -0.4 is 15.4 Å². The molecule has 0 saturated carbocycles. The summed E-state index contributed by atoms with van der Waals surface area (Å²) in [5, 5.41) is 4.84. The molecule has 1 aromatic carbocycles. The van der Waals surface area contributed by atoms with Gasteiger partial charge in [-0.3, -0.25) is 0 Å². The second-order valence-electron chi connectivity index (χ2n) is 4.35. The van der Waals surface area contributed by atoms with Crippen LogP contribution in [0.5, 0.6) is 5.75 Å². The van der Waals surface area contributed by atoms with Crippen molar-refractivity contribution in [2.45, 2.75) is 6.92 Å². The summed E-state index contributed by atoms with van der Waals surface area (Å²) in [5.41, 5.74) is 0.356. The van der Waals surface area contributed by atoms with Gasteiger partial charge in [0.05, 0.1) is 24.4 Å². The zero-order valence-electron chi connectivity index (χ0n) is 11.7. The van der Waals surface area contributed by atoms with Crippen LogP contribution in [0.2, 0.25) is 0 Å². The Morgan fingerprint density at radius 1 is 1.36 bits per heavy atom. The number of ether oxygens (including phenoxy) is 2. The zero-order chi connectivity index (χ0) is 16.1. The minimum absolute atomic E-state index is 0.0186. The third kappa shape index (κ3) is 3.72. The Labute approximate surface area is 125 Å². The number of carbonyl (C=O) groups excluding carboxylic acids is 2. The standard InChI is InChI=1S/C14H14F2N2O4/c1-2-21-13(19)9-6-17-14(20)18-11(9)7-22-12-4-3-8(15)5-10(12)16/h3-5H,2,6-7H2,1H3,(H2,17,18,20). The lowest BCUT2D eigenvalue weighted by Gasteiger charge is -2.21. The number of urea groups is 1. The molecule has 0 aliphatic carbocycles. The average molecular weight is 312 g/mol. The smallest absolute Gasteiger partial charge is 0.337 e. The van der Waals surface area contributed by atoms with E-state index in [1.54, 1.807) is 6.92 Å². The Balaban J connectivity index is 2.15. The van der Waals surface area contributed by atoms with Crippen LogP contribution in [-0.2, 0) is 9.53 Å². The van der Waals surface area contributed by atoms with Crippen molar-refractivity contribution in [2.24, 2.45) is 0 Å². The molecule has 1 aromatic rings. The Hall–Kier alpha value is -2.64. The Morgan fingerprint density at radius 2 is 2.14 bits per heavy atom. The second kappa shape index (κ2) is 6.88. The number of carbonyl (C=O) groups is 2. The molecule has 1 aliphatic heterocycles. The number of esters is 1. The van der Waals surface area contributed by atoms with E-state index < -0.39 is 23.6 Å². The highest BCUT2D eigenvalue weighted by atomic mass is 19.1. The molecule has 1 aliphatic rings. The van der Waals surface area contributed by atoms with Crippen molar-refractivity contribution in [2.75, 3.05) is 19.8 Å². The number of hydrogen-bond acceptors (Lipinski definition) is 4. The number of benzene rings is 1. The highest BCUT2D eigenvalue weighted by molar-refractivity contribution is 5.93. The molecule has 0 atom stereocenters. The normalized spacial score (nSPS) is 14.2. The fourth-order valence-corrected chi connectivity index (χ4v) is 1.81. The molecule has 2 amide bonds. The second-order valence-corrected chi connectivity index (χ2v) is 4.35. The fourth-order valence-electron chi connectivity index (χ4n) is 1.81. The van der Waals surface area contributed by atoms with Crippen molar-refractivity contribution in [1.82, 2.24) is 10.6 Å². The molecular formula is C14H14F2N2O4. The molecule has 0 bridgehead atoms. The van der Waals surface area contributed by atoms with Crippen LogP contribution in [-0.4, -0.2) is 31.8 Å². The van der Waals surface area contributed by atoms with Crippen molar-refractivity contribution in [1.29, 1.82) is 0 Å². The molecule has 0 spiro atoms. The molecule has 22 heavy (non-hydrogen) atoms. The summed E-state index contributed by atoms with van der Waals surface area (Å²) in [6.45, 7) is 1.55. The van der Waals surface area contributed by atoms with E-state index in [1.807, 2.05) is 0 Å². The van der Waals surface area contributed by atoms with Crippen molar-refractivity contribution >= 4 is 12.0 Å².